The van der Waals surface area contributed by atoms with E-state index >= 15 is 0 Å². The summed E-state index contributed by atoms with van der Waals surface area (Å²) in [6, 6.07) is 9.19. The van der Waals surface area contributed by atoms with E-state index < -0.39 is 0 Å². The molecule has 0 atom stereocenters. The molecule has 1 N–H and O–H groups in total. The fourth-order valence-electron chi connectivity index (χ4n) is 3.37. The quantitative estimate of drug-likeness (QED) is 0.742. The number of nitrogens with one attached hydrogen (secondary N) is 1. The lowest BCUT2D eigenvalue weighted by atomic mass is 10.0. The zero-order chi connectivity index (χ0) is 17.9. The molecule has 1 aliphatic rings. The molecule has 1 saturated heterocycles. The normalized spacial score (nSPS) is 15.4. The van der Waals surface area contributed by atoms with Gasteiger partial charge in [0.1, 0.15) is 0 Å². The van der Waals surface area contributed by atoms with Crippen molar-refractivity contribution in [2.75, 3.05) is 23.3 Å². The summed E-state index contributed by atoms with van der Waals surface area (Å²) in [4.78, 5) is 7.07. The lowest BCUT2D eigenvalue weighted by molar-refractivity contribution is 0.525. The molecule has 0 radical (unpaired) electrons. The predicted molar refractivity (Wildman–Crippen MR) is 107 cm³/mol. The highest BCUT2D eigenvalue weighted by atomic mass is 32.1. The molecule has 1 aromatic carbocycles. The maximum Gasteiger partial charge on any atom is 0.168 e. The lowest BCUT2D eigenvalue weighted by Gasteiger charge is -2.34. The van der Waals surface area contributed by atoms with Gasteiger partial charge in [-0.1, -0.05) is 17.3 Å². The Labute approximate surface area is 157 Å². The number of hydrogen-bond acceptors (Lipinski definition) is 6. The van der Waals surface area contributed by atoms with Gasteiger partial charge in [0, 0.05) is 42.3 Å². The summed E-state index contributed by atoms with van der Waals surface area (Å²) < 4.78 is 1.85. The lowest BCUT2D eigenvalue weighted by Crippen LogP contribution is -2.39. The molecule has 7 heteroatoms. The first-order valence-electron chi connectivity index (χ1n) is 9.15. The topological polar surface area (TPSA) is 58.9 Å². The third-order valence-electron chi connectivity index (χ3n) is 4.84. The van der Waals surface area contributed by atoms with Gasteiger partial charge in [-0.3, -0.25) is 4.68 Å². The van der Waals surface area contributed by atoms with Crippen LogP contribution in [-0.2, 0) is 6.54 Å². The van der Waals surface area contributed by atoms with Crippen LogP contribution in [0.3, 0.4) is 0 Å². The van der Waals surface area contributed by atoms with Crippen molar-refractivity contribution >= 4 is 22.8 Å². The van der Waals surface area contributed by atoms with Crippen LogP contribution >= 0.6 is 11.3 Å². The number of benzene rings is 1. The van der Waals surface area contributed by atoms with Crippen LogP contribution in [0.4, 0.5) is 11.5 Å². The van der Waals surface area contributed by atoms with E-state index in [0.29, 0.717) is 6.04 Å². The first-order chi connectivity index (χ1) is 12.7. The number of aryl methyl sites for hydroxylation is 2. The Morgan fingerprint density at radius 2 is 2.12 bits per heavy atom. The van der Waals surface area contributed by atoms with Crippen molar-refractivity contribution < 1.29 is 0 Å². The van der Waals surface area contributed by atoms with Gasteiger partial charge in [0.15, 0.2) is 5.82 Å². The maximum absolute atomic E-state index is 4.61. The number of anilines is 2. The SMILES string of the molecule is CCn1cc(NC2CCN(c3cccc(-c4csc(C)n4)c3)CC2)nn1. The second-order valence-corrected chi connectivity index (χ2v) is 7.73. The molecule has 0 bridgehead atoms. The van der Waals surface area contributed by atoms with E-state index in [9.17, 15) is 0 Å². The first kappa shape index (κ1) is 17.0. The number of nitrogens with zero attached hydrogens (tertiary/aromatic N) is 5. The van der Waals surface area contributed by atoms with Gasteiger partial charge in [0.25, 0.3) is 0 Å². The molecule has 2 aromatic heterocycles. The standard InChI is InChI=1S/C19H24N6S/c1-3-25-12-19(22-23-25)21-16-7-9-24(10-8-16)17-6-4-5-15(11-17)18-13-26-14(2)20-18/h4-6,11-13,16,21H,3,7-10H2,1-2H3. The van der Waals surface area contributed by atoms with E-state index in [1.165, 1.54) is 11.3 Å². The Kier molecular flexibility index (Phi) is 4.88. The van der Waals surface area contributed by atoms with E-state index in [0.717, 1.165) is 49.0 Å². The minimum absolute atomic E-state index is 0.456. The average Bonchev–Trinajstić information content (AvgIpc) is 3.31. The molecule has 1 aliphatic heterocycles. The number of aromatic nitrogens is 4. The van der Waals surface area contributed by atoms with Gasteiger partial charge in [-0.15, -0.1) is 16.4 Å². The van der Waals surface area contributed by atoms with Crippen LogP contribution in [0.2, 0.25) is 0 Å². The van der Waals surface area contributed by atoms with Crippen LogP contribution in [0.15, 0.2) is 35.8 Å². The van der Waals surface area contributed by atoms with E-state index in [1.807, 2.05) is 10.9 Å². The molecule has 4 rings (SSSR count). The van der Waals surface area contributed by atoms with Gasteiger partial charge in [-0.2, -0.15) is 0 Å². The molecule has 6 nitrogen and oxygen atoms in total. The summed E-state index contributed by atoms with van der Waals surface area (Å²) in [5.41, 5.74) is 3.55. The fourth-order valence-corrected chi connectivity index (χ4v) is 3.99. The third-order valence-corrected chi connectivity index (χ3v) is 5.61. The van der Waals surface area contributed by atoms with Crippen molar-refractivity contribution in [3.63, 3.8) is 0 Å². The van der Waals surface area contributed by atoms with Gasteiger partial charge in [-0.25, -0.2) is 4.98 Å². The molecule has 0 saturated carbocycles. The molecule has 26 heavy (non-hydrogen) atoms. The fraction of sp³-hybridized carbons (Fsp3) is 0.421. The van der Waals surface area contributed by atoms with Crippen molar-refractivity contribution in [3.05, 3.63) is 40.8 Å². The van der Waals surface area contributed by atoms with Crippen molar-refractivity contribution in [1.29, 1.82) is 0 Å². The predicted octanol–water partition coefficient (Wildman–Crippen LogP) is 3.81. The summed E-state index contributed by atoms with van der Waals surface area (Å²) in [6.07, 6.45) is 4.17. The molecule has 136 valence electrons. The third kappa shape index (κ3) is 3.72. The van der Waals surface area contributed by atoms with Gasteiger partial charge in [-0.05, 0) is 38.8 Å². The van der Waals surface area contributed by atoms with Crippen LogP contribution in [0.5, 0.6) is 0 Å². The Hall–Kier alpha value is -2.41. The van der Waals surface area contributed by atoms with Crippen molar-refractivity contribution in [2.24, 2.45) is 0 Å². The van der Waals surface area contributed by atoms with Gasteiger partial charge in [0.2, 0.25) is 0 Å². The van der Waals surface area contributed by atoms with E-state index in [1.54, 1.807) is 11.3 Å². The summed E-state index contributed by atoms with van der Waals surface area (Å²) >= 11 is 1.70. The Balaban J connectivity index is 1.38. The van der Waals surface area contributed by atoms with E-state index in [4.69, 9.17) is 0 Å². The Morgan fingerprint density at radius 1 is 1.27 bits per heavy atom. The van der Waals surface area contributed by atoms with E-state index in [-0.39, 0.29) is 0 Å². The summed E-state index contributed by atoms with van der Waals surface area (Å²) in [7, 11) is 0. The molecule has 1 fully saturated rings. The van der Waals surface area contributed by atoms with Crippen LogP contribution in [-0.4, -0.2) is 39.1 Å². The second kappa shape index (κ2) is 7.45. The van der Waals surface area contributed by atoms with Crippen LogP contribution in [0.1, 0.15) is 24.8 Å². The number of piperidine rings is 1. The summed E-state index contributed by atoms with van der Waals surface area (Å²) in [5.74, 6) is 0.881. The second-order valence-electron chi connectivity index (χ2n) is 6.67. The molecular weight excluding hydrogens is 344 g/mol. The monoisotopic (exact) mass is 368 g/mol. The van der Waals surface area contributed by atoms with Gasteiger partial charge < -0.3 is 10.2 Å². The molecule has 3 aromatic rings. The minimum atomic E-state index is 0.456. The molecule has 3 heterocycles. The summed E-state index contributed by atoms with van der Waals surface area (Å²) in [5, 5.41) is 15.0. The number of thiazole rings is 1. The van der Waals surface area contributed by atoms with Crippen LogP contribution < -0.4 is 10.2 Å². The minimum Gasteiger partial charge on any atom is -0.371 e. The zero-order valence-electron chi connectivity index (χ0n) is 15.2. The van der Waals surface area contributed by atoms with Crippen LogP contribution in [0.25, 0.3) is 11.3 Å². The molecule has 0 amide bonds. The molecular formula is C19H24N6S. The van der Waals surface area contributed by atoms with Crippen molar-refractivity contribution in [1.82, 2.24) is 20.0 Å². The molecule has 0 spiro atoms. The van der Waals surface area contributed by atoms with Crippen molar-refractivity contribution in [2.45, 2.75) is 39.3 Å². The number of hydrogen-bond donors (Lipinski definition) is 1. The highest BCUT2D eigenvalue weighted by molar-refractivity contribution is 7.09. The largest absolute Gasteiger partial charge is 0.371 e. The highest BCUT2D eigenvalue weighted by Crippen LogP contribution is 2.28. The van der Waals surface area contributed by atoms with Gasteiger partial charge >= 0.3 is 0 Å². The van der Waals surface area contributed by atoms with Gasteiger partial charge in [0.05, 0.1) is 16.9 Å². The van der Waals surface area contributed by atoms with Crippen molar-refractivity contribution in [3.8, 4) is 11.3 Å². The average molecular weight is 369 g/mol. The Bertz CT molecular complexity index is 862. The molecule has 0 unspecified atom stereocenters. The zero-order valence-corrected chi connectivity index (χ0v) is 16.0. The summed E-state index contributed by atoms with van der Waals surface area (Å²) in [6.45, 7) is 7.05. The van der Waals surface area contributed by atoms with E-state index in [2.05, 4.69) is 69.0 Å². The first-order valence-corrected chi connectivity index (χ1v) is 10.0. The number of rotatable bonds is 5. The van der Waals surface area contributed by atoms with Crippen LogP contribution in [0, 0.1) is 6.92 Å². The maximum atomic E-state index is 4.61. The smallest absolute Gasteiger partial charge is 0.168 e. The Morgan fingerprint density at radius 3 is 2.81 bits per heavy atom. The molecule has 0 aliphatic carbocycles. The highest BCUT2D eigenvalue weighted by Gasteiger charge is 2.20.